The molecule has 1 aliphatic carbocycles. The number of H-pyrrole nitrogens is 1. The first-order valence-electron chi connectivity index (χ1n) is 8.28. The normalized spacial score (nSPS) is 19.5. The molecular formula is C20H21N3O. The van der Waals surface area contributed by atoms with E-state index in [-0.39, 0.29) is 18.0 Å². The van der Waals surface area contributed by atoms with Crippen molar-refractivity contribution in [3.63, 3.8) is 0 Å². The lowest BCUT2D eigenvalue weighted by molar-refractivity contribution is 0.0935. The molecule has 0 saturated carbocycles. The minimum absolute atomic E-state index is 0.0673. The van der Waals surface area contributed by atoms with Crippen LogP contribution in [0.25, 0.3) is 10.9 Å². The van der Waals surface area contributed by atoms with Crippen LogP contribution in [0.1, 0.15) is 38.8 Å². The highest BCUT2D eigenvalue weighted by atomic mass is 16.1. The third-order valence-corrected chi connectivity index (χ3v) is 5.19. The van der Waals surface area contributed by atoms with Gasteiger partial charge in [0.2, 0.25) is 0 Å². The van der Waals surface area contributed by atoms with Gasteiger partial charge in [-0.3, -0.25) is 4.79 Å². The number of para-hydroxylation sites is 1. The second-order valence-electron chi connectivity index (χ2n) is 6.61. The lowest BCUT2D eigenvalue weighted by atomic mass is 10.1. The number of rotatable bonds is 2. The van der Waals surface area contributed by atoms with Crippen molar-refractivity contribution < 1.29 is 4.79 Å². The summed E-state index contributed by atoms with van der Waals surface area (Å²) in [5.74, 6) is -0.0740. The fourth-order valence-corrected chi connectivity index (χ4v) is 3.68. The number of carbonyl (C=O) groups excluding carboxylic acids is 1. The van der Waals surface area contributed by atoms with Gasteiger partial charge in [-0.15, -0.1) is 0 Å². The number of nitrogens with two attached hydrogens (primary N) is 1. The summed E-state index contributed by atoms with van der Waals surface area (Å²) in [6, 6.07) is 13.8. The van der Waals surface area contributed by atoms with Crippen LogP contribution in [0.5, 0.6) is 0 Å². The Bertz CT molecular complexity index is 941. The van der Waals surface area contributed by atoms with Crippen molar-refractivity contribution in [3.05, 3.63) is 70.4 Å². The predicted molar refractivity (Wildman–Crippen MR) is 96.1 cm³/mol. The van der Waals surface area contributed by atoms with E-state index in [9.17, 15) is 4.79 Å². The Labute approximate surface area is 141 Å². The van der Waals surface area contributed by atoms with E-state index >= 15 is 0 Å². The van der Waals surface area contributed by atoms with E-state index in [0.717, 1.165) is 28.6 Å². The highest BCUT2D eigenvalue weighted by Crippen LogP contribution is 2.30. The number of hydrogen-bond donors (Lipinski definition) is 3. The van der Waals surface area contributed by atoms with Crippen molar-refractivity contribution in [1.82, 2.24) is 10.3 Å². The lowest BCUT2D eigenvalue weighted by Gasteiger charge is -2.18. The molecule has 4 rings (SSSR count). The van der Waals surface area contributed by atoms with Crippen LogP contribution >= 0.6 is 0 Å². The minimum Gasteiger partial charge on any atom is -0.358 e. The molecule has 1 heterocycles. The van der Waals surface area contributed by atoms with Crippen molar-refractivity contribution in [3.8, 4) is 0 Å². The van der Waals surface area contributed by atoms with Crippen molar-refractivity contribution in [2.75, 3.05) is 0 Å². The van der Waals surface area contributed by atoms with Gasteiger partial charge in [-0.05, 0) is 43.0 Å². The van der Waals surface area contributed by atoms with Gasteiger partial charge in [0.05, 0.1) is 23.2 Å². The molecule has 0 aliphatic heterocycles. The van der Waals surface area contributed by atoms with Gasteiger partial charge >= 0.3 is 0 Å². The zero-order valence-electron chi connectivity index (χ0n) is 13.9. The molecule has 4 N–H and O–H groups in total. The number of amides is 1. The summed E-state index contributed by atoms with van der Waals surface area (Å²) in [6.45, 7) is 4.10. The minimum atomic E-state index is -0.156. The van der Waals surface area contributed by atoms with E-state index < -0.39 is 0 Å². The number of aryl methyl sites for hydroxylation is 2. The first kappa shape index (κ1) is 15.0. The summed E-state index contributed by atoms with van der Waals surface area (Å²) >= 11 is 0. The Morgan fingerprint density at radius 1 is 1.17 bits per heavy atom. The maximum absolute atomic E-state index is 12.8. The maximum atomic E-state index is 12.8. The average molecular weight is 319 g/mol. The van der Waals surface area contributed by atoms with Crippen LogP contribution < -0.4 is 11.1 Å². The summed E-state index contributed by atoms with van der Waals surface area (Å²) in [5, 5.41) is 4.23. The summed E-state index contributed by atoms with van der Waals surface area (Å²) < 4.78 is 0. The standard InChI is InChI=1S/C20H21N3O/c1-11-12(2)22-19-14(11)8-5-9-16(19)20(24)23-17-10-13-6-3-4-7-15(13)18(17)21/h3-9,17-18,22H,10,21H2,1-2H3,(H,23,24)/t17-,18-/m0/s1. The summed E-state index contributed by atoms with van der Waals surface area (Å²) in [7, 11) is 0. The summed E-state index contributed by atoms with van der Waals surface area (Å²) in [5.41, 5.74) is 12.5. The molecule has 0 spiro atoms. The van der Waals surface area contributed by atoms with Crippen LogP contribution in [0.2, 0.25) is 0 Å². The Hall–Kier alpha value is -2.59. The summed E-state index contributed by atoms with van der Waals surface area (Å²) in [4.78, 5) is 16.2. The molecule has 24 heavy (non-hydrogen) atoms. The molecule has 1 aromatic heterocycles. The number of nitrogens with one attached hydrogen (secondary N) is 2. The quantitative estimate of drug-likeness (QED) is 0.679. The molecular weight excluding hydrogens is 298 g/mol. The Morgan fingerprint density at radius 2 is 1.96 bits per heavy atom. The Morgan fingerprint density at radius 3 is 2.75 bits per heavy atom. The highest BCUT2D eigenvalue weighted by molar-refractivity contribution is 6.06. The predicted octanol–water partition coefficient (Wildman–Crippen LogP) is 3.14. The molecule has 0 unspecified atom stereocenters. The number of aromatic nitrogens is 1. The monoisotopic (exact) mass is 319 g/mol. The van der Waals surface area contributed by atoms with Crippen molar-refractivity contribution in [2.45, 2.75) is 32.4 Å². The number of benzene rings is 2. The van der Waals surface area contributed by atoms with Crippen LogP contribution in [-0.4, -0.2) is 16.9 Å². The molecule has 0 saturated heterocycles. The second kappa shape index (κ2) is 5.49. The van der Waals surface area contributed by atoms with E-state index in [1.165, 1.54) is 11.1 Å². The van der Waals surface area contributed by atoms with Crippen LogP contribution in [0, 0.1) is 13.8 Å². The number of fused-ring (bicyclic) bond motifs is 2. The second-order valence-corrected chi connectivity index (χ2v) is 6.61. The third kappa shape index (κ3) is 2.22. The van der Waals surface area contributed by atoms with E-state index in [1.54, 1.807) is 0 Å². The molecule has 3 aromatic rings. The molecule has 2 aromatic carbocycles. The van der Waals surface area contributed by atoms with Gasteiger partial charge in [0.15, 0.2) is 0 Å². The molecule has 0 fully saturated rings. The molecule has 1 amide bonds. The van der Waals surface area contributed by atoms with Crippen LogP contribution in [0.3, 0.4) is 0 Å². The lowest BCUT2D eigenvalue weighted by Crippen LogP contribution is -2.40. The molecule has 0 radical (unpaired) electrons. The maximum Gasteiger partial charge on any atom is 0.253 e. The van der Waals surface area contributed by atoms with Gasteiger partial charge < -0.3 is 16.0 Å². The van der Waals surface area contributed by atoms with E-state index in [1.807, 2.05) is 43.3 Å². The molecule has 0 bridgehead atoms. The van der Waals surface area contributed by atoms with Gasteiger partial charge in [-0.1, -0.05) is 36.4 Å². The smallest absolute Gasteiger partial charge is 0.253 e. The summed E-state index contributed by atoms with van der Waals surface area (Å²) in [6.07, 6.45) is 0.780. The van der Waals surface area contributed by atoms with Crippen molar-refractivity contribution in [2.24, 2.45) is 5.73 Å². The first-order chi connectivity index (χ1) is 11.6. The van der Waals surface area contributed by atoms with E-state index in [4.69, 9.17) is 5.73 Å². The van der Waals surface area contributed by atoms with E-state index in [0.29, 0.717) is 5.56 Å². The number of hydrogen-bond acceptors (Lipinski definition) is 2. The van der Waals surface area contributed by atoms with Crippen LogP contribution in [0.15, 0.2) is 42.5 Å². The Kier molecular flexibility index (Phi) is 3.43. The topological polar surface area (TPSA) is 70.9 Å². The molecule has 1 aliphatic rings. The van der Waals surface area contributed by atoms with E-state index in [2.05, 4.69) is 23.3 Å². The van der Waals surface area contributed by atoms with Gasteiger partial charge in [0.25, 0.3) is 5.91 Å². The van der Waals surface area contributed by atoms with Gasteiger partial charge in [0.1, 0.15) is 0 Å². The van der Waals surface area contributed by atoms with Crippen molar-refractivity contribution in [1.29, 1.82) is 0 Å². The molecule has 2 atom stereocenters. The van der Waals surface area contributed by atoms with Crippen LogP contribution in [0.4, 0.5) is 0 Å². The average Bonchev–Trinajstić information content (AvgIpc) is 3.05. The SMILES string of the molecule is Cc1[nH]c2c(C(=O)N[C@H]3Cc4ccccc4[C@@H]3N)cccc2c1C. The first-order valence-corrected chi connectivity index (χ1v) is 8.28. The Balaban J connectivity index is 1.63. The number of carbonyl (C=O) groups is 1. The van der Waals surface area contributed by atoms with Gasteiger partial charge in [-0.25, -0.2) is 0 Å². The fourth-order valence-electron chi connectivity index (χ4n) is 3.68. The van der Waals surface area contributed by atoms with Gasteiger partial charge in [0, 0.05) is 11.1 Å². The fraction of sp³-hybridized carbons (Fsp3) is 0.250. The van der Waals surface area contributed by atoms with Crippen LogP contribution in [-0.2, 0) is 6.42 Å². The van der Waals surface area contributed by atoms with Crippen molar-refractivity contribution >= 4 is 16.8 Å². The number of aromatic amines is 1. The zero-order valence-corrected chi connectivity index (χ0v) is 13.9. The largest absolute Gasteiger partial charge is 0.358 e. The molecule has 4 heteroatoms. The van der Waals surface area contributed by atoms with Gasteiger partial charge in [-0.2, -0.15) is 0 Å². The molecule has 4 nitrogen and oxygen atoms in total. The third-order valence-electron chi connectivity index (χ3n) is 5.19. The highest BCUT2D eigenvalue weighted by Gasteiger charge is 2.31. The molecule has 122 valence electrons. The zero-order chi connectivity index (χ0) is 16.8.